The van der Waals surface area contributed by atoms with Crippen LogP contribution in [-0.2, 0) is 22.9 Å². The van der Waals surface area contributed by atoms with Gasteiger partial charge in [0.05, 0.1) is 10.1 Å². The van der Waals surface area contributed by atoms with Crippen LogP contribution in [0.4, 0.5) is 0 Å². The highest BCUT2D eigenvalue weighted by molar-refractivity contribution is 7.92. The van der Waals surface area contributed by atoms with Crippen molar-refractivity contribution in [3.8, 4) is 0 Å². The van der Waals surface area contributed by atoms with Gasteiger partial charge in [-0.1, -0.05) is 37.1 Å². The zero-order valence-electron chi connectivity index (χ0n) is 14.0. The van der Waals surface area contributed by atoms with E-state index in [9.17, 15) is 13.2 Å². The molecule has 0 spiro atoms. The maximum absolute atomic E-state index is 12.7. The van der Waals surface area contributed by atoms with Crippen LogP contribution in [0.25, 0.3) is 0 Å². The predicted octanol–water partition coefficient (Wildman–Crippen LogP) is 3.56. The summed E-state index contributed by atoms with van der Waals surface area (Å²) in [5.74, 6) is -0.0546. The summed E-state index contributed by atoms with van der Waals surface area (Å²) in [6.45, 7) is 1.22. The Morgan fingerprint density at radius 1 is 0.880 bits per heavy atom. The average molecular weight is 355 g/mol. The van der Waals surface area contributed by atoms with E-state index in [0.717, 1.165) is 25.7 Å². The van der Waals surface area contributed by atoms with Crippen LogP contribution in [0.3, 0.4) is 0 Å². The third kappa shape index (κ3) is 2.97. The lowest BCUT2D eigenvalue weighted by atomic mass is 10.1. The summed E-state index contributed by atoms with van der Waals surface area (Å²) in [5.41, 5.74) is 2.89. The van der Waals surface area contributed by atoms with Gasteiger partial charge in [-0.3, -0.25) is 4.79 Å². The molecule has 130 valence electrons. The molecule has 25 heavy (non-hydrogen) atoms. The summed E-state index contributed by atoms with van der Waals surface area (Å²) >= 11 is 0. The Morgan fingerprint density at radius 3 is 2.00 bits per heavy atom. The van der Waals surface area contributed by atoms with E-state index < -0.39 is 9.84 Å². The van der Waals surface area contributed by atoms with Crippen LogP contribution in [0, 0.1) is 0 Å². The lowest BCUT2D eigenvalue weighted by Gasteiger charge is -2.16. The fourth-order valence-corrected chi connectivity index (χ4v) is 5.69. The van der Waals surface area contributed by atoms with Gasteiger partial charge in [-0.2, -0.15) is 0 Å². The van der Waals surface area contributed by atoms with Gasteiger partial charge in [-0.25, -0.2) is 8.42 Å². The molecule has 1 aliphatic carbocycles. The molecule has 2 aromatic rings. The van der Waals surface area contributed by atoms with Gasteiger partial charge in [-0.05, 0) is 48.2 Å². The number of nitrogens with zero attached hydrogens (tertiary/aromatic N) is 1. The summed E-state index contributed by atoms with van der Waals surface area (Å²) in [7, 11) is -3.27. The van der Waals surface area contributed by atoms with Crippen LogP contribution in [0.5, 0.6) is 0 Å². The first-order valence-corrected chi connectivity index (χ1v) is 10.3. The van der Waals surface area contributed by atoms with Gasteiger partial charge in [-0.15, -0.1) is 0 Å². The average Bonchev–Trinajstić information content (AvgIpc) is 3.31. The Kier molecular flexibility index (Phi) is 4.12. The molecule has 2 aliphatic rings. The molecule has 0 aromatic heterocycles. The van der Waals surface area contributed by atoms with Crippen LogP contribution in [0.1, 0.15) is 47.2 Å². The van der Waals surface area contributed by atoms with Gasteiger partial charge in [0.25, 0.3) is 5.91 Å². The number of hydrogen-bond acceptors (Lipinski definition) is 3. The molecule has 0 bridgehead atoms. The van der Waals surface area contributed by atoms with E-state index in [0.29, 0.717) is 23.5 Å². The van der Waals surface area contributed by atoms with Crippen LogP contribution >= 0.6 is 0 Å². The second kappa shape index (κ2) is 6.30. The Hall–Kier alpha value is -2.14. The highest BCUT2D eigenvalue weighted by Crippen LogP contribution is 2.30. The van der Waals surface area contributed by atoms with Gasteiger partial charge >= 0.3 is 0 Å². The number of benzene rings is 2. The minimum atomic E-state index is -3.27. The summed E-state index contributed by atoms with van der Waals surface area (Å²) in [5, 5.41) is -0.262. The number of sulfone groups is 1. The molecule has 5 heteroatoms. The van der Waals surface area contributed by atoms with Gasteiger partial charge in [0.2, 0.25) is 0 Å². The molecule has 4 nitrogen and oxygen atoms in total. The zero-order valence-corrected chi connectivity index (χ0v) is 14.8. The number of rotatable bonds is 3. The standard InChI is InChI=1S/C20H21NO3S/c22-20(21-13-16-5-1-2-6-17(16)14-21)15-9-11-19(12-10-15)25(23,24)18-7-3-4-8-18/h1-2,5-6,9-12,18H,3-4,7-8,13-14H2. The number of carbonyl (C=O) groups is 1. The third-order valence-corrected chi connectivity index (χ3v) is 7.58. The van der Waals surface area contributed by atoms with Crippen molar-refractivity contribution in [1.82, 2.24) is 4.90 Å². The third-order valence-electron chi connectivity index (χ3n) is 5.30. The van der Waals surface area contributed by atoms with Crippen LogP contribution in [-0.4, -0.2) is 24.5 Å². The first kappa shape index (κ1) is 16.3. The Labute approximate surface area is 148 Å². The first-order chi connectivity index (χ1) is 12.1. The summed E-state index contributed by atoms with van der Waals surface area (Å²) in [4.78, 5) is 14.8. The highest BCUT2D eigenvalue weighted by Gasteiger charge is 2.30. The monoisotopic (exact) mass is 355 g/mol. The summed E-state index contributed by atoms with van der Waals surface area (Å²) < 4.78 is 25.3. The molecule has 1 saturated carbocycles. The van der Waals surface area contributed by atoms with Crippen molar-refractivity contribution < 1.29 is 13.2 Å². The molecule has 0 unspecified atom stereocenters. The van der Waals surface area contributed by atoms with E-state index in [1.807, 2.05) is 24.3 Å². The topological polar surface area (TPSA) is 54.5 Å². The molecule has 0 atom stereocenters. The van der Waals surface area contributed by atoms with Crippen molar-refractivity contribution in [2.24, 2.45) is 0 Å². The van der Waals surface area contributed by atoms with Crippen molar-refractivity contribution >= 4 is 15.7 Å². The molecule has 0 saturated heterocycles. The zero-order chi connectivity index (χ0) is 17.4. The van der Waals surface area contributed by atoms with Crippen molar-refractivity contribution in [3.63, 3.8) is 0 Å². The minimum absolute atomic E-state index is 0.0546. The molecular formula is C20H21NO3S. The number of amides is 1. The molecule has 0 N–H and O–H groups in total. The van der Waals surface area contributed by atoms with E-state index in [2.05, 4.69) is 0 Å². The van der Waals surface area contributed by atoms with Crippen molar-refractivity contribution in [2.75, 3.05) is 0 Å². The van der Waals surface area contributed by atoms with Crippen molar-refractivity contribution in [2.45, 2.75) is 48.9 Å². The number of fused-ring (bicyclic) bond motifs is 1. The Morgan fingerprint density at radius 2 is 1.44 bits per heavy atom. The van der Waals surface area contributed by atoms with Gasteiger partial charge < -0.3 is 4.90 Å². The molecule has 1 amide bonds. The lowest BCUT2D eigenvalue weighted by Crippen LogP contribution is -2.25. The van der Waals surface area contributed by atoms with Crippen molar-refractivity contribution in [1.29, 1.82) is 0 Å². The second-order valence-electron chi connectivity index (χ2n) is 6.91. The number of hydrogen-bond donors (Lipinski definition) is 0. The predicted molar refractivity (Wildman–Crippen MR) is 95.9 cm³/mol. The molecule has 0 radical (unpaired) electrons. The van der Waals surface area contributed by atoms with Crippen LogP contribution < -0.4 is 0 Å². The molecule has 4 rings (SSSR count). The minimum Gasteiger partial charge on any atom is -0.330 e. The SMILES string of the molecule is O=C(c1ccc(S(=O)(=O)C2CCCC2)cc1)N1Cc2ccccc2C1. The van der Waals surface area contributed by atoms with E-state index in [1.165, 1.54) is 11.1 Å². The fraction of sp³-hybridized carbons (Fsp3) is 0.350. The van der Waals surface area contributed by atoms with Crippen LogP contribution in [0.15, 0.2) is 53.4 Å². The maximum atomic E-state index is 12.7. The van der Waals surface area contributed by atoms with E-state index in [4.69, 9.17) is 0 Å². The van der Waals surface area contributed by atoms with Gasteiger partial charge in [0.15, 0.2) is 9.84 Å². The van der Waals surface area contributed by atoms with E-state index >= 15 is 0 Å². The van der Waals surface area contributed by atoms with Crippen molar-refractivity contribution in [3.05, 3.63) is 65.2 Å². The first-order valence-electron chi connectivity index (χ1n) is 8.76. The smallest absolute Gasteiger partial charge is 0.254 e. The molecule has 1 fully saturated rings. The normalized spacial score (nSPS) is 17.7. The molecular weight excluding hydrogens is 334 g/mol. The molecule has 2 aromatic carbocycles. The maximum Gasteiger partial charge on any atom is 0.254 e. The quantitative estimate of drug-likeness (QED) is 0.846. The van der Waals surface area contributed by atoms with Gasteiger partial charge in [0, 0.05) is 18.7 Å². The lowest BCUT2D eigenvalue weighted by molar-refractivity contribution is 0.0751. The molecule has 1 heterocycles. The van der Waals surface area contributed by atoms with E-state index in [-0.39, 0.29) is 11.2 Å². The second-order valence-corrected chi connectivity index (χ2v) is 9.13. The summed E-state index contributed by atoms with van der Waals surface area (Å²) in [6, 6.07) is 14.5. The fourth-order valence-electron chi connectivity index (χ4n) is 3.84. The van der Waals surface area contributed by atoms with Crippen LogP contribution in [0.2, 0.25) is 0 Å². The van der Waals surface area contributed by atoms with Gasteiger partial charge in [0.1, 0.15) is 0 Å². The Bertz CT molecular complexity index is 872. The Balaban J connectivity index is 1.52. The largest absolute Gasteiger partial charge is 0.330 e. The highest BCUT2D eigenvalue weighted by atomic mass is 32.2. The number of carbonyl (C=O) groups excluding carboxylic acids is 1. The van der Waals surface area contributed by atoms with E-state index in [1.54, 1.807) is 29.2 Å². The summed E-state index contributed by atoms with van der Waals surface area (Å²) in [6.07, 6.45) is 3.45. The molecule has 1 aliphatic heterocycles.